The molecule has 0 bridgehead atoms. The smallest absolute Gasteiger partial charge is 0.156 e. The van der Waals surface area contributed by atoms with E-state index < -0.39 is 11.0 Å². The van der Waals surface area contributed by atoms with Crippen LogP contribution in [0.1, 0.15) is 39.2 Å². The monoisotopic (exact) mass is 392 g/mol. The van der Waals surface area contributed by atoms with E-state index in [2.05, 4.69) is 27.0 Å². The molecule has 0 aliphatic carbocycles. The number of aliphatic hydroxyl groups is 1. The molecule has 1 aromatic carbocycles. The van der Waals surface area contributed by atoms with Crippen LogP contribution in [0.15, 0.2) is 36.7 Å². The van der Waals surface area contributed by atoms with Crippen LogP contribution in [0.25, 0.3) is 22.4 Å². The van der Waals surface area contributed by atoms with Gasteiger partial charge < -0.3 is 19.8 Å². The molecule has 0 saturated carbocycles. The maximum atomic E-state index is 11.3. The van der Waals surface area contributed by atoms with Crippen molar-refractivity contribution in [2.75, 3.05) is 18.0 Å². The molecule has 29 heavy (non-hydrogen) atoms. The number of aromatic amines is 1. The van der Waals surface area contributed by atoms with Gasteiger partial charge in [0.25, 0.3) is 0 Å². The lowest BCUT2D eigenvalue weighted by molar-refractivity contribution is -0.114. The van der Waals surface area contributed by atoms with Gasteiger partial charge in [-0.1, -0.05) is 26.0 Å². The molecule has 1 fully saturated rings. The summed E-state index contributed by atoms with van der Waals surface area (Å²) >= 11 is 0. The van der Waals surface area contributed by atoms with Gasteiger partial charge in [0, 0.05) is 36.0 Å². The van der Waals surface area contributed by atoms with Gasteiger partial charge in [0.15, 0.2) is 5.65 Å². The van der Waals surface area contributed by atoms with Gasteiger partial charge in [-0.2, -0.15) is 0 Å². The highest BCUT2D eigenvalue weighted by molar-refractivity contribution is 5.79. The van der Waals surface area contributed by atoms with Crippen LogP contribution in [-0.4, -0.2) is 45.0 Å². The zero-order valence-electron chi connectivity index (χ0n) is 17.3. The third-order valence-electron chi connectivity index (χ3n) is 5.77. The number of anilines is 1. The summed E-state index contributed by atoms with van der Waals surface area (Å²) in [5.74, 6) is 0. The Kier molecular flexibility index (Phi) is 4.90. The lowest BCUT2D eigenvalue weighted by Crippen LogP contribution is -2.42. The van der Waals surface area contributed by atoms with Crippen molar-refractivity contribution in [3.63, 3.8) is 0 Å². The molecule has 6 heteroatoms. The number of aromatic nitrogens is 3. The molecule has 1 aliphatic rings. The Balaban J connectivity index is 1.64. The van der Waals surface area contributed by atoms with Crippen LogP contribution < -0.4 is 4.90 Å². The average molecular weight is 393 g/mol. The van der Waals surface area contributed by atoms with Crippen LogP contribution >= 0.6 is 0 Å². The fourth-order valence-corrected chi connectivity index (χ4v) is 3.86. The number of hydrogen-bond donors (Lipinski definition) is 2. The molecule has 2 N–H and O–H groups in total. The Morgan fingerprint density at radius 2 is 2.07 bits per heavy atom. The first-order valence-electron chi connectivity index (χ1n) is 10.1. The van der Waals surface area contributed by atoms with E-state index in [-0.39, 0.29) is 0 Å². The van der Waals surface area contributed by atoms with Crippen molar-refractivity contribution in [3.8, 4) is 11.3 Å². The van der Waals surface area contributed by atoms with Gasteiger partial charge in [-0.15, -0.1) is 0 Å². The number of hydrogen-bond acceptors (Lipinski definition) is 5. The van der Waals surface area contributed by atoms with Gasteiger partial charge in [-0.3, -0.25) is 0 Å². The van der Waals surface area contributed by atoms with E-state index in [9.17, 15) is 9.90 Å². The van der Waals surface area contributed by atoms with Crippen LogP contribution in [0.5, 0.6) is 0 Å². The molecule has 0 atom stereocenters. The van der Waals surface area contributed by atoms with Gasteiger partial charge in [-0.25, -0.2) is 9.97 Å². The summed E-state index contributed by atoms with van der Waals surface area (Å²) in [7, 11) is 0. The van der Waals surface area contributed by atoms with E-state index in [0.29, 0.717) is 6.42 Å². The van der Waals surface area contributed by atoms with E-state index in [1.807, 2.05) is 39.1 Å². The highest BCUT2D eigenvalue weighted by Gasteiger charge is 2.27. The minimum Gasteiger partial charge on any atom is -0.390 e. The molecule has 1 saturated heterocycles. The Labute approximate surface area is 171 Å². The highest BCUT2D eigenvalue weighted by Crippen LogP contribution is 2.30. The number of fused-ring (bicyclic) bond motifs is 1. The summed E-state index contributed by atoms with van der Waals surface area (Å²) in [6, 6.07) is 8.32. The third-order valence-corrected chi connectivity index (χ3v) is 5.77. The van der Waals surface area contributed by atoms with Crippen molar-refractivity contribution >= 4 is 23.1 Å². The maximum absolute atomic E-state index is 11.3. The number of rotatable bonds is 5. The molecule has 1 aliphatic heterocycles. The molecule has 3 heterocycles. The van der Waals surface area contributed by atoms with Gasteiger partial charge in [0.2, 0.25) is 0 Å². The zero-order valence-corrected chi connectivity index (χ0v) is 17.3. The number of nitrogens with zero attached hydrogens (tertiary/aromatic N) is 3. The Morgan fingerprint density at radius 1 is 1.31 bits per heavy atom. The van der Waals surface area contributed by atoms with Gasteiger partial charge >= 0.3 is 0 Å². The summed E-state index contributed by atoms with van der Waals surface area (Å²) in [5, 5.41) is 10.2. The standard InChI is InChI=1S/C23H28N4O2/c1-22(2,15-28)12-17-13-24-21-20(17)26-19(14-25-21)16-5-4-6-18(11-16)27-9-7-23(3,29)8-10-27/h4-6,11,13-15,29H,7-10,12H2,1-3H3,(H,24,25). The summed E-state index contributed by atoms with van der Waals surface area (Å²) in [5.41, 5.74) is 4.50. The molecule has 0 amide bonds. The second kappa shape index (κ2) is 7.26. The van der Waals surface area contributed by atoms with E-state index in [4.69, 9.17) is 4.98 Å². The zero-order chi connectivity index (χ0) is 20.6. The van der Waals surface area contributed by atoms with Crippen LogP contribution in [0.3, 0.4) is 0 Å². The summed E-state index contributed by atoms with van der Waals surface area (Å²) in [6.45, 7) is 7.44. The van der Waals surface area contributed by atoms with E-state index in [0.717, 1.165) is 65.9 Å². The number of aldehydes is 1. The van der Waals surface area contributed by atoms with Gasteiger partial charge in [-0.05, 0) is 43.9 Å². The van der Waals surface area contributed by atoms with Crippen LogP contribution in [0.2, 0.25) is 0 Å². The second-order valence-electron chi connectivity index (χ2n) is 9.08. The van der Waals surface area contributed by atoms with Crippen LogP contribution in [0.4, 0.5) is 5.69 Å². The number of carbonyl (C=O) groups excluding carboxylic acids is 1. The molecule has 152 valence electrons. The lowest BCUT2D eigenvalue weighted by atomic mass is 9.88. The van der Waals surface area contributed by atoms with E-state index in [1.54, 1.807) is 6.20 Å². The van der Waals surface area contributed by atoms with Crippen molar-refractivity contribution in [2.45, 2.75) is 45.6 Å². The molecular weight excluding hydrogens is 364 g/mol. The Hall–Kier alpha value is -2.73. The van der Waals surface area contributed by atoms with E-state index in [1.165, 1.54) is 0 Å². The summed E-state index contributed by atoms with van der Waals surface area (Å²) in [6.07, 6.45) is 6.82. The quantitative estimate of drug-likeness (QED) is 0.647. The Bertz CT molecular complexity index is 1030. The number of nitrogens with one attached hydrogen (secondary N) is 1. The number of carbonyl (C=O) groups is 1. The number of H-pyrrole nitrogens is 1. The summed E-state index contributed by atoms with van der Waals surface area (Å²) in [4.78, 5) is 26.2. The normalized spacial score (nSPS) is 16.9. The minimum atomic E-state index is -0.565. The largest absolute Gasteiger partial charge is 0.390 e. The first-order chi connectivity index (χ1) is 13.8. The molecule has 0 unspecified atom stereocenters. The molecule has 0 spiro atoms. The third kappa shape index (κ3) is 4.17. The maximum Gasteiger partial charge on any atom is 0.156 e. The molecule has 0 radical (unpaired) electrons. The SMILES string of the molecule is CC(C)(C=O)Cc1c[nH]c2ncc(-c3cccc(N4CCC(C)(O)CC4)c3)nc12. The number of piperidine rings is 1. The lowest BCUT2D eigenvalue weighted by Gasteiger charge is -2.37. The second-order valence-corrected chi connectivity index (χ2v) is 9.08. The van der Waals surface area contributed by atoms with Crippen molar-refractivity contribution in [3.05, 3.63) is 42.2 Å². The van der Waals surface area contributed by atoms with Crippen molar-refractivity contribution in [1.82, 2.24) is 15.0 Å². The highest BCUT2D eigenvalue weighted by atomic mass is 16.3. The van der Waals surface area contributed by atoms with Crippen molar-refractivity contribution in [1.29, 1.82) is 0 Å². The predicted molar refractivity (Wildman–Crippen MR) is 115 cm³/mol. The van der Waals surface area contributed by atoms with Crippen LogP contribution in [0, 0.1) is 5.41 Å². The summed E-state index contributed by atoms with van der Waals surface area (Å²) < 4.78 is 0. The predicted octanol–water partition coefficient (Wildman–Crippen LogP) is 3.74. The molecule has 4 rings (SSSR count). The molecular formula is C23H28N4O2. The fraction of sp³-hybridized carbons (Fsp3) is 0.435. The molecule has 2 aromatic heterocycles. The first-order valence-corrected chi connectivity index (χ1v) is 10.1. The molecule has 3 aromatic rings. The minimum absolute atomic E-state index is 0.442. The first kappa shape index (κ1) is 19.6. The van der Waals surface area contributed by atoms with Crippen molar-refractivity contribution in [2.24, 2.45) is 5.41 Å². The van der Waals surface area contributed by atoms with Crippen LogP contribution in [-0.2, 0) is 11.2 Å². The molecule has 6 nitrogen and oxygen atoms in total. The van der Waals surface area contributed by atoms with Gasteiger partial charge in [0.05, 0.1) is 17.5 Å². The van der Waals surface area contributed by atoms with Crippen molar-refractivity contribution < 1.29 is 9.90 Å². The topological polar surface area (TPSA) is 82.1 Å². The fourth-order valence-electron chi connectivity index (χ4n) is 3.86. The van der Waals surface area contributed by atoms with E-state index >= 15 is 0 Å². The average Bonchev–Trinajstić information content (AvgIpc) is 3.09. The number of benzene rings is 1. The Morgan fingerprint density at radius 3 is 2.79 bits per heavy atom. The van der Waals surface area contributed by atoms with Gasteiger partial charge in [0.1, 0.15) is 11.8 Å².